The first-order valence-electron chi connectivity index (χ1n) is 8.06. The largest absolute Gasteiger partial charge is 0.383 e. The van der Waals surface area contributed by atoms with Crippen LogP contribution in [0.25, 0.3) is 0 Å². The highest BCUT2D eigenvalue weighted by molar-refractivity contribution is 7.89. The Balaban J connectivity index is 0.00000312. The average Bonchev–Trinajstić information content (AvgIpc) is 2.61. The molecule has 0 radical (unpaired) electrons. The number of sulfonamides is 1. The molecular formula is C16H26ClN3O4S. The smallest absolute Gasteiger partial charge is 0.243 e. The van der Waals surface area contributed by atoms with Crippen LogP contribution in [-0.2, 0) is 26.1 Å². The molecule has 1 aromatic rings. The van der Waals surface area contributed by atoms with Gasteiger partial charge in [-0.2, -0.15) is 4.31 Å². The molecule has 25 heavy (non-hydrogen) atoms. The fraction of sp³-hybridized carbons (Fsp3) is 0.562. The number of benzene rings is 1. The molecule has 0 bridgehead atoms. The highest BCUT2D eigenvalue weighted by Crippen LogP contribution is 2.20. The second-order valence-electron chi connectivity index (χ2n) is 5.89. The summed E-state index contributed by atoms with van der Waals surface area (Å²) in [4.78, 5) is 12.0. The second kappa shape index (κ2) is 10.1. The molecule has 1 fully saturated rings. The van der Waals surface area contributed by atoms with Crippen LogP contribution in [0.2, 0.25) is 0 Å². The van der Waals surface area contributed by atoms with E-state index >= 15 is 0 Å². The van der Waals surface area contributed by atoms with Crippen molar-refractivity contribution in [2.24, 2.45) is 5.73 Å². The molecule has 3 N–H and O–H groups in total. The molecular weight excluding hydrogens is 366 g/mol. The molecule has 9 heteroatoms. The number of halogens is 1. The summed E-state index contributed by atoms with van der Waals surface area (Å²) in [6, 6.07) is 5.87. The number of carbonyl (C=O) groups excluding carboxylic acids is 1. The highest BCUT2D eigenvalue weighted by Gasteiger charge is 2.25. The number of nitrogens with one attached hydrogen (secondary N) is 1. The molecule has 7 nitrogen and oxygen atoms in total. The minimum absolute atomic E-state index is 0. The highest BCUT2D eigenvalue weighted by atomic mass is 35.5. The zero-order chi connectivity index (χ0) is 17.6. The molecule has 0 aromatic heterocycles. The Morgan fingerprint density at radius 3 is 2.40 bits per heavy atom. The van der Waals surface area contributed by atoms with Crippen molar-refractivity contribution < 1.29 is 17.9 Å². The maximum atomic E-state index is 12.6. The number of hydrogen-bond donors (Lipinski definition) is 2. The lowest BCUT2D eigenvalue weighted by molar-refractivity contribution is -0.123. The number of nitrogens with two attached hydrogens (primary N) is 1. The topological polar surface area (TPSA) is 102 Å². The van der Waals surface area contributed by atoms with E-state index < -0.39 is 16.1 Å². The van der Waals surface area contributed by atoms with Crippen LogP contribution >= 0.6 is 12.4 Å². The molecule has 0 aliphatic carbocycles. The number of carbonyl (C=O) groups is 1. The van der Waals surface area contributed by atoms with Gasteiger partial charge >= 0.3 is 0 Å². The van der Waals surface area contributed by atoms with Gasteiger partial charge in [0.05, 0.1) is 11.5 Å². The Kier molecular flexibility index (Phi) is 8.81. The van der Waals surface area contributed by atoms with Gasteiger partial charge in [0, 0.05) is 26.7 Å². The number of piperidine rings is 1. The van der Waals surface area contributed by atoms with E-state index in [0.29, 0.717) is 19.6 Å². The van der Waals surface area contributed by atoms with Crippen LogP contribution in [0.5, 0.6) is 0 Å². The standard InChI is InChI=1S/C16H25N3O4S.ClH/c1-23-12-15(17)16(20)18-11-13-5-7-14(8-6-13)24(21,22)19-9-3-2-4-10-19;/h5-8,15H,2-4,9-12,17H2,1H3,(H,18,20);1H. The van der Waals surface area contributed by atoms with Crippen molar-refractivity contribution in [2.45, 2.75) is 36.7 Å². The van der Waals surface area contributed by atoms with Crippen LogP contribution in [0.1, 0.15) is 24.8 Å². The van der Waals surface area contributed by atoms with Crippen molar-refractivity contribution in [1.82, 2.24) is 9.62 Å². The third-order valence-corrected chi connectivity index (χ3v) is 5.94. The molecule has 1 aliphatic rings. The molecule has 0 saturated carbocycles. The van der Waals surface area contributed by atoms with E-state index in [9.17, 15) is 13.2 Å². The third-order valence-electron chi connectivity index (χ3n) is 4.03. The van der Waals surface area contributed by atoms with Gasteiger partial charge in [-0.1, -0.05) is 18.6 Å². The summed E-state index contributed by atoms with van der Waals surface area (Å²) in [7, 11) is -1.94. The van der Waals surface area contributed by atoms with E-state index in [2.05, 4.69) is 5.32 Å². The predicted octanol–water partition coefficient (Wildman–Crippen LogP) is 0.873. The lowest BCUT2D eigenvalue weighted by atomic mass is 10.2. The summed E-state index contributed by atoms with van der Waals surface area (Å²) in [5.41, 5.74) is 6.44. The summed E-state index contributed by atoms with van der Waals surface area (Å²) >= 11 is 0. The van der Waals surface area contributed by atoms with Crippen molar-refractivity contribution >= 4 is 28.3 Å². The zero-order valence-corrected chi connectivity index (χ0v) is 15.9. The first-order chi connectivity index (χ1) is 11.4. The summed E-state index contributed by atoms with van der Waals surface area (Å²) in [5, 5.41) is 2.70. The molecule has 2 rings (SSSR count). The molecule has 1 amide bonds. The van der Waals surface area contributed by atoms with Gasteiger partial charge in [-0.15, -0.1) is 12.4 Å². The normalized spacial score (nSPS) is 16.7. The lowest BCUT2D eigenvalue weighted by Gasteiger charge is -2.25. The molecule has 1 aliphatic heterocycles. The van der Waals surface area contributed by atoms with Gasteiger partial charge in [0.1, 0.15) is 6.04 Å². The Morgan fingerprint density at radius 2 is 1.84 bits per heavy atom. The molecule has 0 spiro atoms. The van der Waals surface area contributed by atoms with E-state index in [0.717, 1.165) is 24.8 Å². The molecule has 1 saturated heterocycles. The number of ether oxygens (including phenoxy) is 1. The average molecular weight is 392 g/mol. The van der Waals surface area contributed by atoms with Crippen molar-refractivity contribution in [3.63, 3.8) is 0 Å². The van der Waals surface area contributed by atoms with Gasteiger partial charge in [0.15, 0.2) is 0 Å². The maximum Gasteiger partial charge on any atom is 0.243 e. The van der Waals surface area contributed by atoms with E-state index in [4.69, 9.17) is 10.5 Å². The van der Waals surface area contributed by atoms with Crippen LogP contribution in [0.3, 0.4) is 0 Å². The summed E-state index contributed by atoms with van der Waals surface area (Å²) in [5.74, 6) is -0.304. The first-order valence-corrected chi connectivity index (χ1v) is 9.50. The van der Waals surface area contributed by atoms with Gasteiger partial charge in [-0.05, 0) is 30.5 Å². The minimum atomic E-state index is -3.42. The minimum Gasteiger partial charge on any atom is -0.383 e. The summed E-state index contributed by atoms with van der Waals surface area (Å²) in [6.07, 6.45) is 2.89. The van der Waals surface area contributed by atoms with Crippen molar-refractivity contribution in [3.05, 3.63) is 29.8 Å². The zero-order valence-electron chi connectivity index (χ0n) is 14.3. The quantitative estimate of drug-likeness (QED) is 0.718. The Labute approximate surface area is 155 Å². The monoisotopic (exact) mass is 391 g/mol. The number of nitrogens with zero attached hydrogens (tertiary/aromatic N) is 1. The van der Waals surface area contributed by atoms with Gasteiger partial charge in [0.2, 0.25) is 15.9 Å². The molecule has 142 valence electrons. The van der Waals surface area contributed by atoms with E-state index in [1.54, 1.807) is 24.3 Å². The third kappa shape index (κ3) is 5.93. The van der Waals surface area contributed by atoms with Crippen LogP contribution in [0.15, 0.2) is 29.2 Å². The van der Waals surface area contributed by atoms with Crippen molar-refractivity contribution in [1.29, 1.82) is 0 Å². The molecule has 1 heterocycles. The molecule has 1 atom stereocenters. The first kappa shape index (κ1) is 21.9. The van der Waals surface area contributed by atoms with Crippen LogP contribution < -0.4 is 11.1 Å². The summed E-state index contributed by atoms with van der Waals surface area (Å²) in [6.45, 7) is 1.61. The van der Waals surface area contributed by atoms with Crippen LogP contribution in [0.4, 0.5) is 0 Å². The number of hydrogen-bond acceptors (Lipinski definition) is 5. The Bertz CT molecular complexity index is 646. The van der Waals surface area contributed by atoms with Crippen LogP contribution in [-0.4, -0.2) is 51.5 Å². The van der Waals surface area contributed by atoms with E-state index in [1.807, 2.05) is 0 Å². The van der Waals surface area contributed by atoms with E-state index in [1.165, 1.54) is 11.4 Å². The fourth-order valence-electron chi connectivity index (χ4n) is 2.61. The number of rotatable bonds is 7. The van der Waals surface area contributed by atoms with Crippen LogP contribution in [0, 0.1) is 0 Å². The predicted molar refractivity (Wildman–Crippen MR) is 98.0 cm³/mol. The van der Waals surface area contributed by atoms with Crippen molar-refractivity contribution in [2.75, 3.05) is 26.8 Å². The number of methoxy groups -OCH3 is 1. The van der Waals surface area contributed by atoms with Crippen molar-refractivity contribution in [3.8, 4) is 0 Å². The Hall–Kier alpha value is -1.19. The summed E-state index contributed by atoms with van der Waals surface area (Å²) < 4.78 is 31.5. The Morgan fingerprint density at radius 1 is 1.24 bits per heavy atom. The lowest BCUT2D eigenvalue weighted by Crippen LogP contribution is -2.43. The number of amides is 1. The maximum absolute atomic E-state index is 12.6. The van der Waals surface area contributed by atoms with Gasteiger partial charge in [0.25, 0.3) is 0 Å². The van der Waals surface area contributed by atoms with Gasteiger partial charge in [-0.3, -0.25) is 4.79 Å². The van der Waals surface area contributed by atoms with Gasteiger partial charge < -0.3 is 15.8 Å². The SMILES string of the molecule is COCC(N)C(=O)NCc1ccc(S(=O)(=O)N2CCCCC2)cc1.Cl. The van der Waals surface area contributed by atoms with E-state index in [-0.39, 0.29) is 29.8 Å². The van der Waals surface area contributed by atoms with Gasteiger partial charge in [-0.25, -0.2) is 8.42 Å². The second-order valence-corrected chi connectivity index (χ2v) is 7.83. The fourth-order valence-corrected chi connectivity index (χ4v) is 4.13. The molecule has 1 aromatic carbocycles. The molecule has 1 unspecified atom stereocenters.